The van der Waals surface area contributed by atoms with E-state index in [9.17, 15) is 57.1 Å². The predicted octanol–water partition coefficient (Wildman–Crippen LogP) is 5.21. The van der Waals surface area contributed by atoms with E-state index in [1.807, 2.05) is 0 Å². The zero-order valence-electron chi connectivity index (χ0n) is 11.7. The molecule has 0 saturated carbocycles. The number of halogens is 13. The van der Waals surface area contributed by atoms with Crippen LogP contribution in [0.1, 0.15) is 20.3 Å². The Morgan fingerprint density at radius 1 is 0.542 bits per heavy atom. The Morgan fingerprint density at radius 2 is 0.833 bits per heavy atom. The molecule has 0 atom stereocenters. The predicted molar refractivity (Wildman–Crippen MR) is 56.6 cm³/mol. The van der Waals surface area contributed by atoms with Crippen LogP contribution in [0.5, 0.6) is 0 Å². The number of alkyl halides is 13. The standard InChI is InChI=1S/C10H8F13.Sn.H/c1-4(2)3-5(11,12)6(13,14)7(15,16)8(17,18)9(19,20)10(21,22)23;;/h3H2,1-2H3;;. The van der Waals surface area contributed by atoms with E-state index in [-0.39, 0.29) is 22.5 Å². The summed E-state index contributed by atoms with van der Waals surface area (Å²) in [5.41, 5.74) is 0. The van der Waals surface area contributed by atoms with E-state index in [2.05, 4.69) is 0 Å². The van der Waals surface area contributed by atoms with Crippen LogP contribution in [0.3, 0.4) is 0 Å². The Bertz CT molecular complexity index is 456. The van der Waals surface area contributed by atoms with Crippen molar-refractivity contribution in [3.8, 4) is 0 Å². The molecule has 0 fully saturated rings. The van der Waals surface area contributed by atoms with Gasteiger partial charge in [0, 0.05) is 0 Å². The minimum atomic E-state index is -7.82. The fraction of sp³-hybridized carbons (Fsp3) is 1.00. The molecule has 0 bridgehead atoms. The van der Waals surface area contributed by atoms with Crippen molar-refractivity contribution in [2.45, 2.75) is 59.5 Å². The van der Waals surface area contributed by atoms with Crippen LogP contribution in [0.15, 0.2) is 0 Å². The molecule has 0 unspecified atom stereocenters. The van der Waals surface area contributed by atoms with Crippen molar-refractivity contribution in [1.29, 1.82) is 0 Å². The first-order valence-electron chi connectivity index (χ1n) is 5.70. The van der Waals surface area contributed by atoms with Gasteiger partial charge in [0.1, 0.15) is 0 Å². The van der Waals surface area contributed by atoms with Gasteiger partial charge in [0.05, 0.1) is 0 Å². The third-order valence-electron chi connectivity index (χ3n) is 2.68. The van der Waals surface area contributed by atoms with Gasteiger partial charge in [-0.2, -0.15) is 0 Å². The Hall–Kier alpha value is -0.111. The summed E-state index contributed by atoms with van der Waals surface area (Å²) in [6.07, 6.45) is -9.50. The van der Waals surface area contributed by atoms with Crippen molar-refractivity contribution in [3.05, 3.63) is 0 Å². The van der Waals surface area contributed by atoms with Crippen LogP contribution in [0.2, 0.25) is 3.43 Å². The normalized spacial score (nSPS) is 16.5. The quantitative estimate of drug-likeness (QED) is 0.351. The molecule has 0 nitrogen and oxygen atoms in total. The molecule has 0 aromatic rings. The Balaban J connectivity index is 6.21. The Kier molecular flexibility index (Phi) is 5.93. The molecule has 2 radical (unpaired) electrons. The summed E-state index contributed by atoms with van der Waals surface area (Å²) in [6.45, 7) is 1.72. The van der Waals surface area contributed by atoms with Crippen molar-refractivity contribution >= 4 is 22.5 Å². The van der Waals surface area contributed by atoms with Gasteiger partial charge in [0.15, 0.2) is 0 Å². The van der Waals surface area contributed by atoms with E-state index < -0.39 is 45.6 Å². The summed E-state index contributed by atoms with van der Waals surface area (Å²) in [6, 6.07) is 0. The summed E-state index contributed by atoms with van der Waals surface area (Å²) in [5.74, 6) is -36.3. The van der Waals surface area contributed by atoms with Gasteiger partial charge in [-0.1, -0.05) is 0 Å². The third kappa shape index (κ3) is 3.69. The Morgan fingerprint density at radius 3 is 1.08 bits per heavy atom. The molecule has 0 aliphatic heterocycles. The molecular weight excluding hydrogens is 486 g/mol. The van der Waals surface area contributed by atoms with E-state index in [1.165, 1.54) is 0 Å². The molecule has 14 heteroatoms. The number of rotatable bonds is 6. The van der Waals surface area contributed by atoms with Gasteiger partial charge >= 0.3 is 139 Å². The van der Waals surface area contributed by atoms with Crippen LogP contribution in [0.4, 0.5) is 57.1 Å². The zero-order chi connectivity index (χ0) is 20.2. The van der Waals surface area contributed by atoms with E-state index in [0.29, 0.717) is 0 Å². The summed E-state index contributed by atoms with van der Waals surface area (Å²) in [7, 11) is 0. The first-order valence-corrected chi connectivity index (χ1v) is 7.35. The van der Waals surface area contributed by atoms with Crippen molar-refractivity contribution in [3.63, 3.8) is 0 Å². The molecule has 0 heterocycles. The molecule has 0 spiro atoms. The SMILES string of the molecule is C[C](C)([SnH])CC(F)(F)C(F)(F)C(F)(F)C(F)(F)C(F)(F)C(F)(F)F. The molecule has 0 rings (SSSR count). The van der Waals surface area contributed by atoms with E-state index in [1.54, 1.807) is 0 Å². The average molecular weight is 495 g/mol. The maximum absolute atomic E-state index is 13.3. The fourth-order valence-electron chi connectivity index (χ4n) is 1.49. The fourth-order valence-corrected chi connectivity index (χ4v) is 2.22. The van der Waals surface area contributed by atoms with Gasteiger partial charge in [-0.3, -0.25) is 0 Å². The van der Waals surface area contributed by atoms with Gasteiger partial charge in [-0.05, 0) is 0 Å². The second kappa shape index (κ2) is 5.96. The van der Waals surface area contributed by atoms with Crippen LogP contribution in [0, 0.1) is 0 Å². The average Bonchev–Trinajstić information content (AvgIpc) is 2.22. The Labute approximate surface area is 139 Å². The van der Waals surface area contributed by atoms with Gasteiger partial charge in [-0.25, -0.2) is 0 Å². The first-order chi connectivity index (χ1) is 9.96. The molecule has 24 heavy (non-hydrogen) atoms. The van der Waals surface area contributed by atoms with Crippen LogP contribution in [-0.4, -0.2) is 58.3 Å². The minimum absolute atomic E-state index is 0.249. The number of hydrogen-bond acceptors (Lipinski definition) is 0. The van der Waals surface area contributed by atoms with Crippen molar-refractivity contribution in [2.24, 2.45) is 0 Å². The molecule has 0 aliphatic rings. The van der Waals surface area contributed by atoms with E-state index in [4.69, 9.17) is 0 Å². The van der Waals surface area contributed by atoms with Crippen molar-refractivity contribution in [1.82, 2.24) is 0 Å². The second-order valence-electron chi connectivity index (χ2n) is 5.67. The maximum atomic E-state index is 13.3. The van der Waals surface area contributed by atoms with Crippen LogP contribution in [0.25, 0.3) is 0 Å². The molecular formula is C10H9F13Sn. The van der Waals surface area contributed by atoms with Crippen LogP contribution >= 0.6 is 0 Å². The molecule has 144 valence electrons. The van der Waals surface area contributed by atoms with Crippen molar-refractivity contribution in [2.75, 3.05) is 0 Å². The monoisotopic (exact) mass is 496 g/mol. The van der Waals surface area contributed by atoms with Crippen LogP contribution < -0.4 is 0 Å². The zero-order valence-corrected chi connectivity index (χ0v) is 15.0. The van der Waals surface area contributed by atoms with Gasteiger partial charge in [0.2, 0.25) is 0 Å². The van der Waals surface area contributed by atoms with Crippen LogP contribution in [-0.2, 0) is 0 Å². The summed E-state index contributed by atoms with van der Waals surface area (Å²) < 4.78 is 164. The van der Waals surface area contributed by atoms with Gasteiger partial charge in [0.25, 0.3) is 0 Å². The summed E-state index contributed by atoms with van der Waals surface area (Å²) in [5, 5.41) is 0. The number of hydrogen-bond donors (Lipinski definition) is 0. The van der Waals surface area contributed by atoms with Gasteiger partial charge < -0.3 is 0 Å². The topological polar surface area (TPSA) is 0 Å². The van der Waals surface area contributed by atoms with E-state index in [0.717, 1.165) is 13.8 Å². The molecule has 0 saturated heterocycles. The third-order valence-corrected chi connectivity index (χ3v) is 3.26. The van der Waals surface area contributed by atoms with E-state index >= 15 is 0 Å². The van der Waals surface area contributed by atoms with Gasteiger partial charge in [-0.15, -0.1) is 0 Å². The van der Waals surface area contributed by atoms with Crippen molar-refractivity contribution < 1.29 is 57.1 Å². The molecule has 0 N–H and O–H groups in total. The summed E-state index contributed by atoms with van der Waals surface area (Å²) >= 11 is -0.249. The molecule has 0 amide bonds. The molecule has 0 aliphatic carbocycles. The summed E-state index contributed by atoms with van der Waals surface area (Å²) in [4.78, 5) is 0. The first kappa shape index (κ1) is 23.9. The molecule has 0 aromatic carbocycles. The molecule has 0 aromatic heterocycles. The second-order valence-corrected chi connectivity index (χ2v) is 10.1.